The number of likely N-dealkylation sites (N-methyl/N-ethyl adjacent to an activating group) is 1. The van der Waals surface area contributed by atoms with Gasteiger partial charge < -0.3 is 10.0 Å². The Bertz CT molecular complexity index is 848. The molecule has 2 fully saturated rings. The summed E-state index contributed by atoms with van der Waals surface area (Å²) in [5.41, 5.74) is 2.06. The Balaban J connectivity index is 1.47. The van der Waals surface area contributed by atoms with Crippen LogP contribution in [0, 0.1) is 0 Å². The number of nitrogens with zero attached hydrogens (tertiary/aromatic N) is 2. The molecule has 1 amide bonds. The zero-order valence-electron chi connectivity index (χ0n) is 17.1. The molecule has 2 aromatic carbocycles. The van der Waals surface area contributed by atoms with Crippen LogP contribution in [-0.2, 0) is 12.1 Å². The van der Waals surface area contributed by atoms with E-state index in [9.17, 15) is 9.90 Å². The number of carbonyl (C=O) groups is 1. The Morgan fingerprint density at radius 2 is 1.76 bits per heavy atom. The van der Waals surface area contributed by atoms with Crippen LogP contribution < -0.4 is 0 Å². The van der Waals surface area contributed by atoms with E-state index in [-0.39, 0.29) is 18.0 Å². The maximum atomic E-state index is 13.3. The smallest absolute Gasteiger partial charge is 0.254 e. The molecule has 4 heteroatoms. The first-order chi connectivity index (χ1) is 14.0. The predicted octanol–water partition coefficient (Wildman–Crippen LogP) is 3.96. The second-order valence-electron chi connectivity index (χ2n) is 8.59. The van der Waals surface area contributed by atoms with Gasteiger partial charge in [0.05, 0.1) is 5.60 Å². The van der Waals surface area contributed by atoms with Crippen LogP contribution in [0.4, 0.5) is 0 Å². The quantitative estimate of drug-likeness (QED) is 0.760. The van der Waals surface area contributed by atoms with Crippen LogP contribution in [0.25, 0.3) is 0 Å². The number of carbonyl (C=O) groups excluding carboxylic acids is 1. The summed E-state index contributed by atoms with van der Waals surface area (Å²) in [6, 6.07) is 18.1. The second kappa shape index (κ2) is 8.13. The van der Waals surface area contributed by atoms with E-state index in [1.54, 1.807) is 0 Å². The molecule has 0 spiro atoms. The number of amides is 1. The highest BCUT2D eigenvalue weighted by molar-refractivity contribution is 5.95. The second-order valence-corrected chi connectivity index (χ2v) is 8.59. The van der Waals surface area contributed by atoms with E-state index < -0.39 is 5.60 Å². The first-order valence-corrected chi connectivity index (χ1v) is 10.5. The van der Waals surface area contributed by atoms with Crippen molar-refractivity contribution in [2.45, 2.75) is 49.9 Å². The molecule has 0 saturated carbocycles. The van der Waals surface area contributed by atoms with Crippen molar-refractivity contribution >= 4 is 5.91 Å². The number of hydrogen-bond acceptors (Lipinski definition) is 3. The standard InChI is InChI=1S/C25H30N2O2/c1-3-15-26(2)18-19-9-11-20(12-10-19)24(28)27-22-13-14-23(27)17-25(29,16-22)21-7-5-4-6-8-21/h3-12,22-23,29H,1,13-18H2,2H3. The summed E-state index contributed by atoms with van der Waals surface area (Å²) >= 11 is 0. The van der Waals surface area contributed by atoms with Crippen LogP contribution in [-0.4, -0.2) is 46.5 Å². The summed E-state index contributed by atoms with van der Waals surface area (Å²) in [5.74, 6) is 0.0959. The number of aliphatic hydroxyl groups is 1. The lowest BCUT2D eigenvalue weighted by Crippen LogP contribution is -2.52. The minimum atomic E-state index is -0.830. The monoisotopic (exact) mass is 390 g/mol. The highest BCUT2D eigenvalue weighted by Crippen LogP contribution is 2.46. The third-order valence-electron chi connectivity index (χ3n) is 6.41. The minimum absolute atomic E-state index is 0.0959. The molecule has 4 rings (SSSR count). The number of benzene rings is 2. The first kappa shape index (κ1) is 19.9. The molecule has 2 saturated heterocycles. The number of rotatable bonds is 6. The van der Waals surface area contributed by atoms with E-state index in [1.165, 1.54) is 5.56 Å². The molecule has 2 aromatic rings. The van der Waals surface area contributed by atoms with Gasteiger partial charge in [-0.2, -0.15) is 0 Å². The molecule has 1 N–H and O–H groups in total. The fraction of sp³-hybridized carbons (Fsp3) is 0.400. The Kier molecular flexibility index (Phi) is 5.57. The van der Waals surface area contributed by atoms with Crippen molar-refractivity contribution in [3.63, 3.8) is 0 Å². The zero-order valence-corrected chi connectivity index (χ0v) is 17.1. The van der Waals surface area contributed by atoms with E-state index in [1.807, 2.05) is 65.6 Å². The van der Waals surface area contributed by atoms with Gasteiger partial charge in [0.1, 0.15) is 0 Å². The molecular formula is C25H30N2O2. The van der Waals surface area contributed by atoms with E-state index in [0.29, 0.717) is 12.8 Å². The van der Waals surface area contributed by atoms with Gasteiger partial charge in [-0.25, -0.2) is 0 Å². The highest BCUT2D eigenvalue weighted by atomic mass is 16.3. The van der Waals surface area contributed by atoms with Crippen molar-refractivity contribution in [1.29, 1.82) is 0 Å². The average molecular weight is 391 g/mol. The molecule has 2 heterocycles. The van der Waals surface area contributed by atoms with Crippen LogP contribution in [0.3, 0.4) is 0 Å². The maximum Gasteiger partial charge on any atom is 0.254 e. The van der Waals surface area contributed by atoms with Gasteiger partial charge in [-0.3, -0.25) is 9.69 Å². The van der Waals surface area contributed by atoms with Crippen LogP contribution in [0.2, 0.25) is 0 Å². The van der Waals surface area contributed by atoms with Gasteiger partial charge in [0, 0.05) is 43.6 Å². The SMILES string of the molecule is C=CCN(C)Cc1ccc(C(=O)N2C3CCC2CC(O)(c2ccccc2)C3)cc1. The third-order valence-corrected chi connectivity index (χ3v) is 6.41. The van der Waals surface area contributed by atoms with Crippen LogP contribution in [0.1, 0.15) is 47.2 Å². The van der Waals surface area contributed by atoms with E-state index in [4.69, 9.17) is 0 Å². The molecule has 29 heavy (non-hydrogen) atoms. The normalized spacial score (nSPS) is 26.0. The Morgan fingerprint density at radius 3 is 2.34 bits per heavy atom. The van der Waals surface area contributed by atoms with Gasteiger partial charge >= 0.3 is 0 Å². The van der Waals surface area contributed by atoms with Gasteiger partial charge in [0.25, 0.3) is 5.91 Å². The van der Waals surface area contributed by atoms with Crippen molar-refractivity contribution in [2.24, 2.45) is 0 Å². The van der Waals surface area contributed by atoms with Crippen molar-refractivity contribution in [2.75, 3.05) is 13.6 Å². The molecule has 2 aliphatic heterocycles. The van der Waals surface area contributed by atoms with Crippen LogP contribution in [0.5, 0.6) is 0 Å². The molecule has 4 nitrogen and oxygen atoms in total. The highest BCUT2D eigenvalue weighted by Gasteiger charge is 2.50. The summed E-state index contributed by atoms with van der Waals surface area (Å²) in [5, 5.41) is 11.3. The summed E-state index contributed by atoms with van der Waals surface area (Å²) in [7, 11) is 2.06. The molecule has 2 unspecified atom stereocenters. The zero-order chi connectivity index (χ0) is 20.4. The van der Waals surface area contributed by atoms with Gasteiger partial charge in [0.2, 0.25) is 0 Å². The van der Waals surface area contributed by atoms with E-state index >= 15 is 0 Å². The van der Waals surface area contributed by atoms with Crippen molar-refractivity contribution in [1.82, 2.24) is 9.80 Å². The summed E-state index contributed by atoms with van der Waals surface area (Å²) < 4.78 is 0. The first-order valence-electron chi connectivity index (χ1n) is 10.5. The number of fused-ring (bicyclic) bond motifs is 2. The van der Waals surface area contributed by atoms with E-state index in [2.05, 4.69) is 18.5 Å². The Morgan fingerprint density at radius 1 is 1.14 bits per heavy atom. The molecule has 2 aliphatic rings. The molecule has 0 radical (unpaired) electrons. The Labute approximate surface area is 173 Å². The molecule has 152 valence electrons. The van der Waals surface area contributed by atoms with E-state index in [0.717, 1.165) is 37.1 Å². The summed E-state index contributed by atoms with van der Waals surface area (Å²) in [4.78, 5) is 17.5. The Hall–Kier alpha value is -2.43. The maximum absolute atomic E-state index is 13.3. The summed E-state index contributed by atoms with van der Waals surface area (Å²) in [6.45, 7) is 5.44. The lowest BCUT2D eigenvalue weighted by atomic mass is 9.80. The minimum Gasteiger partial charge on any atom is -0.385 e. The van der Waals surface area contributed by atoms with Gasteiger partial charge in [-0.05, 0) is 43.1 Å². The van der Waals surface area contributed by atoms with Crippen LogP contribution in [0.15, 0.2) is 67.3 Å². The molecule has 0 aromatic heterocycles. The van der Waals surface area contributed by atoms with Crippen molar-refractivity contribution in [3.05, 3.63) is 83.9 Å². The predicted molar refractivity (Wildman–Crippen MR) is 116 cm³/mol. The topological polar surface area (TPSA) is 43.8 Å². The molecule has 2 bridgehead atoms. The molecule has 0 aliphatic carbocycles. The fourth-order valence-corrected chi connectivity index (χ4v) is 5.04. The molecular weight excluding hydrogens is 360 g/mol. The average Bonchev–Trinajstić information content (AvgIpc) is 3.00. The lowest BCUT2D eigenvalue weighted by molar-refractivity contribution is -0.0479. The lowest BCUT2D eigenvalue weighted by Gasteiger charge is -2.44. The van der Waals surface area contributed by atoms with Gasteiger partial charge in [0.15, 0.2) is 0 Å². The van der Waals surface area contributed by atoms with Gasteiger partial charge in [-0.15, -0.1) is 6.58 Å². The fourth-order valence-electron chi connectivity index (χ4n) is 5.04. The number of hydrogen-bond donors (Lipinski definition) is 1. The molecule has 2 atom stereocenters. The summed E-state index contributed by atoms with van der Waals surface area (Å²) in [6.07, 6.45) is 5.06. The van der Waals surface area contributed by atoms with Crippen LogP contribution >= 0.6 is 0 Å². The third kappa shape index (κ3) is 4.00. The van der Waals surface area contributed by atoms with Crippen molar-refractivity contribution < 1.29 is 9.90 Å². The van der Waals surface area contributed by atoms with Crippen molar-refractivity contribution in [3.8, 4) is 0 Å². The van der Waals surface area contributed by atoms with Gasteiger partial charge in [-0.1, -0.05) is 48.5 Å². The largest absolute Gasteiger partial charge is 0.385 e. The number of piperidine rings is 1.